The number of hydrogen-bond donors (Lipinski definition) is 0. The molecule has 1 rings (SSSR count). The Kier molecular flexibility index (Phi) is 3.64. The summed E-state index contributed by atoms with van der Waals surface area (Å²) in [5.41, 5.74) is 0.584. The molecule has 1 atom stereocenters. The molecule has 0 radical (unpaired) electrons. The number of hydrogen-bond acceptors (Lipinski definition) is 4. The Morgan fingerprint density at radius 3 is 2.71 bits per heavy atom. The Bertz CT molecular complexity index is 326. The van der Waals surface area contributed by atoms with Crippen LogP contribution in [0.1, 0.15) is 11.7 Å². The summed E-state index contributed by atoms with van der Waals surface area (Å²) in [4.78, 5) is 16.9. The van der Waals surface area contributed by atoms with E-state index in [2.05, 4.69) is 10.2 Å². The van der Waals surface area contributed by atoms with Crippen LogP contribution in [0.5, 0.6) is 0 Å². The number of aromatic nitrogens is 1. The maximum atomic E-state index is 10.6. The lowest BCUT2D eigenvalue weighted by atomic mass is 10.2. The monoisotopic (exact) mass is 209 g/mol. The maximum Gasteiger partial charge on any atom is 0.184 e. The lowest BCUT2D eigenvalue weighted by Crippen LogP contribution is -2.25. The van der Waals surface area contributed by atoms with Crippen LogP contribution in [-0.4, -0.2) is 29.0 Å². The summed E-state index contributed by atoms with van der Waals surface area (Å²) < 4.78 is 0. The van der Waals surface area contributed by atoms with Crippen LogP contribution in [0.3, 0.4) is 0 Å². The Hall–Kier alpha value is -1.36. The van der Waals surface area contributed by atoms with Gasteiger partial charge in [0.15, 0.2) is 6.04 Å². The zero-order valence-corrected chi connectivity index (χ0v) is 8.86. The van der Waals surface area contributed by atoms with Crippen LogP contribution < -0.4 is 0 Å². The normalized spacial score (nSPS) is 11.9. The van der Waals surface area contributed by atoms with Gasteiger partial charge in [0.1, 0.15) is 4.99 Å². The van der Waals surface area contributed by atoms with E-state index >= 15 is 0 Å². The first-order valence-electron chi connectivity index (χ1n) is 4.11. The molecule has 0 aliphatic carbocycles. The number of rotatable bonds is 3. The first-order chi connectivity index (χ1) is 6.66. The second kappa shape index (κ2) is 4.76. The van der Waals surface area contributed by atoms with Crippen molar-refractivity contribution in [3.8, 4) is 0 Å². The van der Waals surface area contributed by atoms with Crippen LogP contribution in [0.25, 0.3) is 0 Å². The molecule has 74 valence electrons. The molecule has 1 heterocycles. The fourth-order valence-electron chi connectivity index (χ4n) is 1.01. The Balaban J connectivity index is 2.94. The molecular formula is C9H11N3OS. The molecular weight excluding hydrogens is 198 g/mol. The number of nitroso groups, excluding NO2 is 1. The molecule has 0 saturated carbocycles. The van der Waals surface area contributed by atoms with Gasteiger partial charge in [0.05, 0.1) is 5.69 Å². The van der Waals surface area contributed by atoms with Crippen LogP contribution in [0.15, 0.2) is 29.6 Å². The summed E-state index contributed by atoms with van der Waals surface area (Å²) in [5, 5.41) is 2.98. The third-order valence-electron chi connectivity index (χ3n) is 1.75. The summed E-state index contributed by atoms with van der Waals surface area (Å²) in [6.45, 7) is 0. The predicted molar refractivity (Wildman–Crippen MR) is 59.1 cm³/mol. The quantitative estimate of drug-likeness (QED) is 0.562. The van der Waals surface area contributed by atoms with E-state index < -0.39 is 6.04 Å². The molecule has 0 N–H and O–H groups in total. The van der Waals surface area contributed by atoms with Gasteiger partial charge in [0, 0.05) is 20.3 Å². The van der Waals surface area contributed by atoms with E-state index in [4.69, 9.17) is 12.2 Å². The molecule has 4 nitrogen and oxygen atoms in total. The SMILES string of the molecule is CN(C)C(=S)C(N=O)c1ccccn1. The van der Waals surface area contributed by atoms with Gasteiger partial charge in [-0.1, -0.05) is 23.5 Å². The first kappa shape index (κ1) is 10.7. The highest BCUT2D eigenvalue weighted by Crippen LogP contribution is 2.17. The van der Waals surface area contributed by atoms with Crippen molar-refractivity contribution >= 4 is 17.2 Å². The number of nitrogens with zero attached hydrogens (tertiary/aromatic N) is 3. The minimum Gasteiger partial charge on any atom is -0.370 e. The van der Waals surface area contributed by atoms with Gasteiger partial charge in [0.25, 0.3) is 0 Å². The topological polar surface area (TPSA) is 45.6 Å². The fraction of sp³-hybridized carbons (Fsp3) is 0.333. The van der Waals surface area contributed by atoms with Crippen molar-refractivity contribution in [3.63, 3.8) is 0 Å². The number of likely N-dealkylation sites (N-methyl/N-ethyl adjacent to an activating group) is 1. The highest BCUT2D eigenvalue weighted by atomic mass is 32.1. The minimum atomic E-state index is -0.666. The van der Waals surface area contributed by atoms with Crippen LogP contribution in [-0.2, 0) is 0 Å². The summed E-state index contributed by atoms with van der Waals surface area (Å²) in [6, 6.07) is 4.66. The fourth-order valence-corrected chi connectivity index (χ4v) is 1.17. The van der Waals surface area contributed by atoms with Gasteiger partial charge in [-0.2, -0.15) is 0 Å². The van der Waals surface area contributed by atoms with Crippen molar-refractivity contribution in [3.05, 3.63) is 35.0 Å². The molecule has 0 amide bonds. The molecule has 5 heteroatoms. The van der Waals surface area contributed by atoms with Crippen molar-refractivity contribution in [2.75, 3.05) is 14.1 Å². The zero-order valence-electron chi connectivity index (χ0n) is 8.04. The molecule has 0 fully saturated rings. The molecule has 0 spiro atoms. The van der Waals surface area contributed by atoms with Crippen molar-refractivity contribution < 1.29 is 0 Å². The van der Waals surface area contributed by atoms with E-state index in [1.54, 1.807) is 43.4 Å². The van der Waals surface area contributed by atoms with E-state index in [1.165, 1.54) is 0 Å². The molecule has 0 saturated heterocycles. The second-order valence-electron chi connectivity index (χ2n) is 3.00. The van der Waals surface area contributed by atoms with Gasteiger partial charge < -0.3 is 4.90 Å². The second-order valence-corrected chi connectivity index (χ2v) is 3.41. The molecule has 1 unspecified atom stereocenters. The van der Waals surface area contributed by atoms with Crippen molar-refractivity contribution in [2.45, 2.75) is 6.04 Å². The van der Waals surface area contributed by atoms with Crippen LogP contribution in [0.2, 0.25) is 0 Å². The van der Waals surface area contributed by atoms with E-state index in [-0.39, 0.29) is 0 Å². The van der Waals surface area contributed by atoms with Crippen LogP contribution in [0, 0.1) is 4.91 Å². The van der Waals surface area contributed by atoms with E-state index in [1.807, 2.05) is 0 Å². The number of pyridine rings is 1. The Labute approximate surface area is 87.9 Å². The predicted octanol–water partition coefficient (Wildman–Crippen LogP) is 1.78. The summed E-state index contributed by atoms with van der Waals surface area (Å²) in [7, 11) is 3.56. The highest BCUT2D eigenvalue weighted by Gasteiger charge is 2.19. The third kappa shape index (κ3) is 2.32. The average molecular weight is 209 g/mol. The molecule has 0 aliphatic rings. The largest absolute Gasteiger partial charge is 0.370 e. The van der Waals surface area contributed by atoms with Crippen LogP contribution in [0.4, 0.5) is 0 Å². The summed E-state index contributed by atoms with van der Waals surface area (Å²) in [6.07, 6.45) is 1.62. The summed E-state index contributed by atoms with van der Waals surface area (Å²) in [5.74, 6) is 0. The van der Waals surface area contributed by atoms with E-state index in [0.717, 1.165) is 0 Å². The minimum absolute atomic E-state index is 0.471. The van der Waals surface area contributed by atoms with Crippen molar-refractivity contribution in [1.82, 2.24) is 9.88 Å². The lowest BCUT2D eigenvalue weighted by molar-refractivity contribution is 0.601. The third-order valence-corrected chi connectivity index (χ3v) is 2.34. The van der Waals surface area contributed by atoms with E-state index in [9.17, 15) is 4.91 Å². The highest BCUT2D eigenvalue weighted by molar-refractivity contribution is 7.80. The first-order valence-corrected chi connectivity index (χ1v) is 4.52. The molecule has 14 heavy (non-hydrogen) atoms. The molecule has 0 aromatic carbocycles. The van der Waals surface area contributed by atoms with Gasteiger partial charge in [-0.3, -0.25) is 4.98 Å². The van der Waals surface area contributed by atoms with Crippen LogP contribution >= 0.6 is 12.2 Å². The van der Waals surface area contributed by atoms with E-state index in [0.29, 0.717) is 10.7 Å². The molecule has 1 aromatic rings. The van der Waals surface area contributed by atoms with Gasteiger partial charge in [-0.15, -0.1) is 4.91 Å². The molecule has 1 aromatic heterocycles. The maximum absolute atomic E-state index is 10.6. The number of thiocarbonyl (C=S) groups is 1. The Morgan fingerprint density at radius 1 is 1.57 bits per heavy atom. The molecule has 0 aliphatic heterocycles. The zero-order chi connectivity index (χ0) is 10.6. The van der Waals surface area contributed by atoms with Gasteiger partial charge in [0.2, 0.25) is 0 Å². The van der Waals surface area contributed by atoms with Gasteiger partial charge in [-0.05, 0) is 12.1 Å². The average Bonchev–Trinajstić information content (AvgIpc) is 2.20. The Morgan fingerprint density at radius 2 is 2.29 bits per heavy atom. The van der Waals surface area contributed by atoms with Gasteiger partial charge >= 0.3 is 0 Å². The van der Waals surface area contributed by atoms with Crippen molar-refractivity contribution in [1.29, 1.82) is 0 Å². The lowest BCUT2D eigenvalue weighted by Gasteiger charge is -2.17. The molecule has 0 bridgehead atoms. The smallest absolute Gasteiger partial charge is 0.184 e. The standard InChI is InChI=1S/C9H11N3OS/c1-12(2)9(14)8(11-13)7-5-3-4-6-10-7/h3-6,8H,1-2H3. The van der Waals surface area contributed by atoms with Gasteiger partial charge in [-0.25, -0.2) is 0 Å². The summed E-state index contributed by atoms with van der Waals surface area (Å²) >= 11 is 5.07. The van der Waals surface area contributed by atoms with Crippen molar-refractivity contribution in [2.24, 2.45) is 5.18 Å².